The van der Waals surface area contributed by atoms with Crippen molar-refractivity contribution in [3.63, 3.8) is 0 Å². The molecule has 88 valence electrons. The maximum atomic E-state index is 11.3. The highest BCUT2D eigenvalue weighted by molar-refractivity contribution is 6.09. The number of benzene rings is 1. The van der Waals surface area contributed by atoms with Crippen LogP contribution >= 0.6 is 0 Å². The second-order valence-corrected chi connectivity index (χ2v) is 3.00. The van der Waals surface area contributed by atoms with Gasteiger partial charge in [0, 0.05) is 11.1 Å². The molecule has 0 unspecified atom stereocenters. The molecule has 0 spiro atoms. The molecule has 0 radical (unpaired) electrons. The minimum atomic E-state index is -1.37. The average Bonchev–Trinajstić information content (AvgIpc) is 2.35. The van der Waals surface area contributed by atoms with Gasteiger partial charge in [-0.25, -0.2) is 10.6 Å². The summed E-state index contributed by atoms with van der Waals surface area (Å²) in [7, 11) is 0. The predicted molar refractivity (Wildman–Crippen MR) is 55.8 cm³/mol. The molecule has 17 heavy (non-hydrogen) atoms. The second kappa shape index (κ2) is 4.99. The number of nitrogens with two attached hydrogens (primary N) is 1. The number of nitrogen functional groups attached to an aromatic ring is 1. The maximum absolute atomic E-state index is 11.3. The Bertz CT molecular complexity index is 510. The van der Waals surface area contributed by atoms with E-state index >= 15 is 0 Å². The molecule has 0 bridgehead atoms. The van der Waals surface area contributed by atoms with E-state index in [0.29, 0.717) is 0 Å². The fraction of sp³-hybridized carbons (Fsp3) is 0. The van der Waals surface area contributed by atoms with Gasteiger partial charge < -0.3 is 5.11 Å². The molecule has 1 aromatic carbocycles. The van der Waals surface area contributed by atoms with Crippen LogP contribution in [0.15, 0.2) is 12.1 Å². The van der Waals surface area contributed by atoms with Crippen molar-refractivity contribution < 1.29 is 24.3 Å². The normalized spacial score (nSPS) is 9.47. The third-order valence-electron chi connectivity index (χ3n) is 2.13. The van der Waals surface area contributed by atoms with Gasteiger partial charge in [0.05, 0.1) is 11.1 Å². The summed E-state index contributed by atoms with van der Waals surface area (Å²) in [5.41, 5.74) is 0.630. The van der Waals surface area contributed by atoms with Crippen LogP contribution in [-0.4, -0.2) is 29.6 Å². The van der Waals surface area contributed by atoms with Gasteiger partial charge in [0.1, 0.15) is 0 Å². The molecule has 7 heteroatoms. The summed E-state index contributed by atoms with van der Waals surface area (Å²) < 4.78 is 0. The number of amides is 1. The van der Waals surface area contributed by atoms with Gasteiger partial charge in [0.25, 0.3) is 5.91 Å². The van der Waals surface area contributed by atoms with Crippen molar-refractivity contribution >= 4 is 24.4 Å². The van der Waals surface area contributed by atoms with Crippen LogP contribution in [0.25, 0.3) is 0 Å². The molecule has 4 N–H and O–H groups in total. The molecule has 0 aliphatic heterocycles. The number of carboxylic acids is 1. The first-order valence-corrected chi connectivity index (χ1v) is 4.38. The molecule has 1 rings (SSSR count). The molecule has 0 saturated carbocycles. The van der Waals surface area contributed by atoms with E-state index in [9.17, 15) is 19.2 Å². The highest BCUT2D eigenvalue weighted by Crippen LogP contribution is 2.16. The number of hydrogen-bond donors (Lipinski definition) is 3. The first kappa shape index (κ1) is 12.5. The van der Waals surface area contributed by atoms with Crippen LogP contribution in [0.1, 0.15) is 41.4 Å². The van der Waals surface area contributed by atoms with Crippen LogP contribution < -0.4 is 11.3 Å². The van der Waals surface area contributed by atoms with Gasteiger partial charge in [-0.2, -0.15) is 0 Å². The molecule has 0 atom stereocenters. The molecule has 0 aliphatic carbocycles. The van der Waals surface area contributed by atoms with Gasteiger partial charge in [-0.3, -0.25) is 19.8 Å². The van der Waals surface area contributed by atoms with Crippen molar-refractivity contribution in [2.45, 2.75) is 0 Å². The Morgan fingerprint density at radius 3 is 2.00 bits per heavy atom. The molecule has 0 heterocycles. The highest BCUT2D eigenvalue weighted by atomic mass is 16.4. The molecule has 0 aromatic heterocycles. The van der Waals surface area contributed by atoms with Crippen LogP contribution in [0, 0.1) is 0 Å². The van der Waals surface area contributed by atoms with Gasteiger partial charge in [-0.1, -0.05) is 0 Å². The molecule has 7 nitrogen and oxygen atoms in total. The van der Waals surface area contributed by atoms with E-state index in [1.807, 2.05) is 0 Å². The average molecular weight is 236 g/mol. The first-order valence-electron chi connectivity index (χ1n) is 4.38. The number of carbonyl (C=O) groups excluding carboxylic acids is 3. The number of carbonyl (C=O) groups is 4. The third-order valence-corrected chi connectivity index (χ3v) is 2.13. The predicted octanol–water partition coefficient (Wildman–Crippen LogP) is -0.387. The zero-order valence-corrected chi connectivity index (χ0v) is 8.47. The molecule has 1 amide bonds. The van der Waals surface area contributed by atoms with Crippen LogP contribution in [0.4, 0.5) is 0 Å². The number of rotatable bonds is 4. The molecular formula is C10H8N2O5. The van der Waals surface area contributed by atoms with E-state index in [4.69, 9.17) is 10.9 Å². The van der Waals surface area contributed by atoms with Crippen molar-refractivity contribution in [3.8, 4) is 0 Å². The SMILES string of the molecule is NNC(=O)c1ccc(C(=O)O)c(C=O)c1C=O. The minimum absolute atomic E-state index is 0.158. The second-order valence-electron chi connectivity index (χ2n) is 3.00. The summed E-state index contributed by atoms with van der Waals surface area (Å²) in [6.45, 7) is 0. The quantitative estimate of drug-likeness (QED) is 0.283. The van der Waals surface area contributed by atoms with Crippen LogP contribution in [0.2, 0.25) is 0 Å². The minimum Gasteiger partial charge on any atom is -0.478 e. The Labute approximate surface area is 95.2 Å². The summed E-state index contributed by atoms with van der Waals surface area (Å²) in [6.07, 6.45) is 0.446. The Kier molecular flexibility index (Phi) is 3.68. The third kappa shape index (κ3) is 2.18. The van der Waals surface area contributed by atoms with Gasteiger partial charge in [-0.15, -0.1) is 0 Å². The van der Waals surface area contributed by atoms with E-state index in [2.05, 4.69) is 0 Å². The Morgan fingerprint density at radius 1 is 1.12 bits per heavy atom. The lowest BCUT2D eigenvalue weighted by molar-refractivity contribution is 0.0693. The summed E-state index contributed by atoms with van der Waals surface area (Å²) in [6, 6.07) is 2.17. The van der Waals surface area contributed by atoms with Gasteiger partial charge in [0.15, 0.2) is 12.6 Å². The molecule has 0 aliphatic rings. The lowest BCUT2D eigenvalue weighted by Gasteiger charge is -2.07. The van der Waals surface area contributed by atoms with E-state index in [1.54, 1.807) is 5.43 Å². The smallest absolute Gasteiger partial charge is 0.336 e. The largest absolute Gasteiger partial charge is 0.478 e. The molecular weight excluding hydrogens is 228 g/mol. The molecule has 1 aromatic rings. The van der Waals surface area contributed by atoms with Gasteiger partial charge >= 0.3 is 5.97 Å². The fourth-order valence-corrected chi connectivity index (χ4v) is 1.35. The Balaban J connectivity index is 3.59. The first-order chi connectivity index (χ1) is 8.06. The lowest BCUT2D eigenvalue weighted by Crippen LogP contribution is -2.31. The Morgan fingerprint density at radius 2 is 1.59 bits per heavy atom. The lowest BCUT2D eigenvalue weighted by atomic mass is 9.97. The van der Waals surface area contributed by atoms with Crippen LogP contribution in [-0.2, 0) is 0 Å². The number of carboxylic acid groups (broad SMARTS) is 1. The summed E-state index contributed by atoms with van der Waals surface area (Å²) in [4.78, 5) is 43.7. The zero-order valence-electron chi connectivity index (χ0n) is 8.47. The van der Waals surface area contributed by atoms with Crippen molar-refractivity contribution in [1.82, 2.24) is 5.43 Å². The van der Waals surface area contributed by atoms with E-state index in [1.165, 1.54) is 0 Å². The van der Waals surface area contributed by atoms with Crippen molar-refractivity contribution in [2.75, 3.05) is 0 Å². The number of aromatic carboxylic acids is 1. The van der Waals surface area contributed by atoms with Crippen LogP contribution in [0.5, 0.6) is 0 Å². The number of hydrazine groups is 1. The summed E-state index contributed by atoms with van der Waals surface area (Å²) >= 11 is 0. The topological polar surface area (TPSA) is 127 Å². The Hall–Kier alpha value is -2.54. The van der Waals surface area contributed by atoms with E-state index < -0.39 is 11.9 Å². The maximum Gasteiger partial charge on any atom is 0.336 e. The zero-order chi connectivity index (χ0) is 13.0. The number of hydrogen-bond acceptors (Lipinski definition) is 5. The fourth-order valence-electron chi connectivity index (χ4n) is 1.35. The van der Waals surface area contributed by atoms with E-state index in [0.717, 1.165) is 12.1 Å². The van der Waals surface area contributed by atoms with Gasteiger partial charge in [0.2, 0.25) is 0 Å². The molecule has 0 saturated heterocycles. The van der Waals surface area contributed by atoms with Gasteiger partial charge in [-0.05, 0) is 12.1 Å². The monoisotopic (exact) mass is 236 g/mol. The number of aldehydes is 2. The highest BCUT2D eigenvalue weighted by Gasteiger charge is 2.19. The number of nitrogens with one attached hydrogen (secondary N) is 1. The van der Waals surface area contributed by atoms with Crippen LogP contribution in [0.3, 0.4) is 0 Å². The summed E-state index contributed by atoms with van der Waals surface area (Å²) in [5.74, 6) is 2.75. The van der Waals surface area contributed by atoms with Crippen molar-refractivity contribution in [3.05, 3.63) is 34.4 Å². The van der Waals surface area contributed by atoms with E-state index in [-0.39, 0.29) is 34.8 Å². The van der Waals surface area contributed by atoms with Crippen molar-refractivity contribution in [1.29, 1.82) is 0 Å². The van der Waals surface area contributed by atoms with Crippen molar-refractivity contribution in [2.24, 2.45) is 5.84 Å². The standard InChI is InChI=1S/C10H8N2O5/c11-12-9(15)5-1-2-6(10(16)17)8(4-14)7(5)3-13/h1-4H,11H2,(H,12,15)(H,16,17). The molecule has 0 fully saturated rings. The summed E-state index contributed by atoms with van der Waals surface area (Å²) in [5, 5.41) is 8.80.